The third kappa shape index (κ3) is 5.60. The predicted molar refractivity (Wildman–Crippen MR) is 96.1 cm³/mol. The summed E-state index contributed by atoms with van der Waals surface area (Å²) in [6.45, 7) is 5.25. The van der Waals surface area contributed by atoms with Gasteiger partial charge in [-0.15, -0.1) is 0 Å². The van der Waals surface area contributed by atoms with Crippen LogP contribution in [0.1, 0.15) is 41.7 Å². The molecule has 8 nitrogen and oxygen atoms in total. The summed E-state index contributed by atoms with van der Waals surface area (Å²) < 4.78 is 0. The molecule has 1 fully saturated rings. The van der Waals surface area contributed by atoms with E-state index >= 15 is 0 Å². The molecule has 8 heteroatoms. The van der Waals surface area contributed by atoms with E-state index in [0.717, 1.165) is 31.9 Å². The number of piperazine rings is 1. The topological polar surface area (TPSA) is 116 Å². The lowest BCUT2D eigenvalue weighted by atomic mass is 9.94. The van der Waals surface area contributed by atoms with E-state index in [1.807, 2.05) is 0 Å². The van der Waals surface area contributed by atoms with Crippen molar-refractivity contribution in [3.63, 3.8) is 0 Å². The number of likely N-dealkylation sites (N-methyl/N-ethyl adjacent to an activating group) is 1. The second-order valence-electron chi connectivity index (χ2n) is 6.51. The Morgan fingerprint density at radius 3 is 2.42 bits per heavy atom. The molecule has 0 aromatic carbocycles. The fourth-order valence-electron chi connectivity index (χ4n) is 3.19. The Morgan fingerprint density at radius 1 is 1.15 bits per heavy atom. The van der Waals surface area contributed by atoms with Crippen LogP contribution < -0.4 is 5.32 Å². The zero-order chi connectivity index (χ0) is 19.1. The van der Waals surface area contributed by atoms with E-state index in [1.165, 1.54) is 36.2 Å². The van der Waals surface area contributed by atoms with E-state index in [0.29, 0.717) is 18.2 Å². The van der Waals surface area contributed by atoms with E-state index in [2.05, 4.69) is 24.2 Å². The van der Waals surface area contributed by atoms with Gasteiger partial charge < -0.3 is 15.5 Å². The summed E-state index contributed by atoms with van der Waals surface area (Å²) in [4.78, 5) is 31.1. The maximum absolute atomic E-state index is 9.55. The molecule has 1 saturated heterocycles. The number of fused-ring (bicyclic) bond motifs is 1. The number of nitrogens with one attached hydrogen (secondary N) is 1. The number of hydrogen-bond donors (Lipinski definition) is 3. The normalized spacial score (nSPS) is 20.2. The number of aliphatic carboxylic acids is 2. The molecule has 0 amide bonds. The highest BCUT2D eigenvalue weighted by Crippen LogP contribution is 2.25. The lowest BCUT2D eigenvalue weighted by molar-refractivity contribution is -0.134. The molecular weight excluding hydrogens is 336 g/mol. The number of carbonyl (C=O) groups is 2. The minimum absolute atomic E-state index is 0.338. The van der Waals surface area contributed by atoms with Gasteiger partial charge in [-0.25, -0.2) is 19.6 Å². The summed E-state index contributed by atoms with van der Waals surface area (Å²) in [5.74, 6) is -1.50. The second kappa shape index (κ2) is 9.40. The fourth-order valence-corrected chi connectivity index (χ4v) is 3.19. The minimum Gasteiger partial charge on any atom is -0.478 e. The van der Waals surface area contributed by atoms with E-state index in [1.54, 1.807) is 0 Å². The highest BCUT2D eigenvalue weighted by molar-refractivity contribution is 5.89. The average molecular weight is 362 g/mol. The number of aromatic nitrogens is 2. The summed E-state index contributed by atoms with van der Waals surface area (Å²) in [5.41, 5.74) is 3.92. The fraction of sp³-hybridized carbons (Fsp3) is 0.556. The van der Waals surface area contributed by atoms with E-state index < -0.39 is 11.9 Å². The molecule has 3 N–H and O–H groups in total. The summed E-state index contributed by atoms with van der Waals surface area (Å²) in [7, 11) is 2.17. The Morgan fingerprint density at radius 2 is 1.81 bits per heavy atom. The average Bonchev–Trinajstić information content (AvgIpc) is 2.61. The maximum atomic E-state index is 9.55. The van der Waals surface area contributed by atoms with Crippen molar-refractivity contribution in [1.29, 1.82) is 0 Å². The van der Waals surface area contributed by atoms with Crippen LogP contribution in [0.5, 0.6) is 0 Å². The largest absolute Gasteiger partial charge is 0.478 e. The van der Waals surface area contributed by atoms with Crippen LogP contribution in [0, 0.1) is 6.92 Å². The van der Waals surface area contributed by atoms with Crippen LogP contribution >= 0.6 is 0 Å². The van der Waals surface area contributed by atoms with Gasteiger partial charge in [0.2, 0.25) is 0 Å². The quantitative estimate of drug-likeness (QED) is 0.681. The van der Waals surface area contributed by atoms with Gasteiger partial charge in [-0.3, -0.25) is 4.90 Å². The zero-order valence-corrected chi connectivity index (χ0v) is 15.2. The molecule has 2 aliphatic rings. The number of rotatable bonds is 3. The van der Waals surface area contributed by atoms with Crippen LogP contribution in [-0.4, -0.2) is 63.7 Å². The number of carboxylic acids is 2. The molecule has 0 bridgehead atoms. The van der Waals surface area contributed by atoms with Gasteiger partial charge in [-0.1, -0.05) is 0 Å². The lowest BCUT2D eigenvalue weighted by Gasteiger charge is -2.32. The number of carboxylic acid groups (broad SMARTS) is 2. The maximum Gasteiger partial charge on any atom is 0.328 e. The second-order valence-corrected chi connectivity index (χ2v) is 6.51. The van der Waals surface area contributed by atoms with Gasteiger partial charge in [0.1, 0.15) is 5.82 Å². The van der Waals surface area contributed by atoms with Crippen LogP contribution in [0.25, 0.3) is 0 Å². The molecule has 2 heterocycles. The molecule has 0 radical (unpaired) electrons. The molecule has 1 aromatic heterocycles. The predicted octanol–water partition coefficient (Wildman–Crippen LogP) is 0.952. The number of aryl methyl sites for hydroxylation is 2. The van der Waals surface area contributed by atoms with Gasteiger partial charge in [-0.05, 0) is 45.2 Å². The molecule has 0 saturated carbocycles. The molecule has 3 rings (SSSR count). The number of nitrogens with zero attached hydrogens (tertiary/aromatic N) is 3. The molecule has 26 heavy (non-hydrogen) atoms. The van der Waals surface area contributed by atoms with Crippen molar-refractivity contribution in [3.8, 4) is 0 Å². The molecular formula is C18H26N4O4. The molecule has 1 unspecified atom stereocenters. The third-order valence-electron chi connectivity index (χ3n) is 4.58. The monoisotopic (exact) mass is 362 g/mol. The van der Waals surface area contributed by atoms with Crippen LogP contribution in [0.3, 0.4) is 0 Å². The lowest BCUT2D eigenvalue weighted by Crippen LogP contribution is -2.44. The highest BCUT2D eigenvalue weighted by atomic mass is 16.4. The van der Waals surface area contributed by atoms with Crippen molar-refractivity contribution in [3.05, 3.63) is 34.9 Å². The van der Waals surface area contributed by atoms with Crippen LogP contribution in [0.2, 0.25) is 0 Å². The Labute approximate surface area is 153 Å². The Bertz CT molecular complexity index is 674. The summed E-state index contributed by atoms with van der Waals surface area (Å²) in [6, 6.07) is 0.338. The van der Waals surface area contributed by atoms with Gasteiger partial charge in [0.05, 0.1) is 6.04 Å². The SMILES string of the molecule is Cc1nc(C2CNCCN2C)nc2c1CCCC2.O=C(O)/C=C\C(=O)O. The summed E-state index contributed by atoms with van der Waals surface area (Å²) in [6.07, 6.45) is 5.99. The molecule has 0 spiro atoms. The van der Waals surface area contributed by atoms with Crippen molar-refractivity contribution in [2.75, 3.05) is 26.7 Å². The van der Waals surface area contributed by atoms with E-state index in [-0.39, 0.29) is 0 Å². The van der Waals surface area contributed by atoms with Crippen molar-refractivity contribution in [2.24, 2.45) is 0 Å². The molecule has 1 aliphatic heterocycles. The molecule has 142 valence electrons. The van der Waals surface area contributed by atoms with Gasteiger partial charge in [-0.2, -0.15) is 0 Å². The van der Waals surface area contributed by atoms with Gasteiger partial charge in [0, 0.05) is 43.2 Å². The zero-order valence-electron chi connectivity index (χ0n) is 15.2. The first-order valence-electron chi connectivity index (χ1n) is 8.79. The highest BCUT2D eigenvalue weighted by Gasteiger charge is 2.25. The third-order valence-corrected chi connectivity index (χ3v) is 4.58. The minimum atomic E-state index is -1.26. The Kier molecular flexibility index (Phi) is 7.23. The van der Waals surface area contributed by atoms with Crippen molar-refractivity contribution in [1.82, 2.24) is 20.2 Å². The first-order valence-corrected chi connectivity index (χ1v) is 8.79. The number of hydrogen-bond acceptors (Lipinski definition) is 6. The summed E-state index contributed by atoms with van der Waals surface area (Å²) in [5, 5.41) is 19.1. The standard InChI is InChI=1S/C14H22N4.C4H4O4/c1-10-11-5-3-4-6-12(11)17-14(16-10)13-9-15-7-8-18(13)2;5-3(6)1-2-4(7)8/h13,15H,3-9H2,1-2H3;1-2H,(H,5,6)(H,7,8)/b;2-1-. The van der Waals surface area contributed by atoms with Crippen LogP contribution in [-0.2, 0) is 22.4 Å². The molecule has 1 aliphatic carbocycles. The van der Waals surface area contributed by atoms with Crippen LogP contribution in [0.15, 0.2) is 12.2 Å². The van der Waals surface area contributed by atoms with E-state index in [9.17, 15) is 9.59 Å². The van der Waals surface area contributed by atoms with Crippen molar-refractivity contribution >= 4 is 11.9 Å². The summed E-state index contributed by atoms with van der Waals surface area (Å²) >= 11 is 0. The Hall–Kier alpha value is -2.32. The molecule has 1 aromatic rings. The van der Waals surface area contributed by atoms with Gasteiger partial charge in [0.25, 0.3) is 0 Å². The Balaban J connectivity index is 0.000000260. The first-order chi connectivity index (χ1) is 12.4. The van der Waals surface area contributed by atoms with Gasteiger partial charge in [0.15, 0.2) is 0 Å². The first kappa shape index (κ1) is 20.0. The van der Waals surface area contributed by atoms with Crippen molar-refractivity contribution < 1.29 is 19.8 Å². The van der Waals surface area contributed by atoms with Crippen LogP contribution in [0.4, 0.5) is 0 Å². The van der Waals surface area contributed by atoms with E-state index in [4.69, 9.17) is 20.2 Å². The smallest absolute Gasteiger partial charge is 0.328 e. The van der Waals surface area contributed by atoms with Gasteiger partial charge >= 0.3 is 11.9 Å². The van der Waals surface area contributed by atoms with Crippen molar-refractivity contribution in [2.45, 2.75) is 38.6 Å². The molecule has 1 atom stereocenters.